The minimum atomic E-state index is -0.153. The first-order chi connectivity index (χ1) is 3.30. The summed E-state index contributed by atoms with van der Waals surface area (Å²) in [6, 6.07) is 0. The third-order valence-electron chi connectivity index (χ3n) is 0.777. The van der Waals surface area contributed by atoms with Gasteiger partial charge in [-0.25, -0.2) is 0 Å². The van der Waals surface area contributed by atoms with Crippen LogP contribution in [-0.4, -0.2) is 26.5 Å². The van der Waals surface area contributed by atoms with Crippen molar-refractivity contribution in [2.24, 2.45) is 0 Å². The van der Waals surface area contributed by atoms with Crippen molar-refractivity contribution in [2.45, 2.75) is 10.6 Å². The van der Waals surface area contributed by atoms with Gasteiger partial charge in [-0.15, -0.1) is 0 Å². The molecule has 0 aliphatic carbocycles. The first-order valence-electron chi connectivity index (χ1n) is 1.94. The Balaban J connectivity index is 2.65. The summed E-state index contributed by atoms with van der Waals surface area (Å²) >= 11 is 0.314. The summed E-state index contributed by atoms with van der Waals surface area (Å²) in [7, 11) is 0. The van der Waals surface area contributed by atoms with Gasteiger partial charge in [0.05, 0.1) is 0 Å². The molecule has 0 bridgehead atoms. The van der Waals surface area contributed by atoms with E-state index in [1.807, 2.05) is 0 Å². The van der Waals surface area contributed by atoms with E-state index in [4.69, 9.17) is 0 Å². The second-order valence-corrected chi connectivity index (χ2v) is 3.41. The summed E-state index contributed by atoms with van der Waals surface area (Å²) in [5.41, 5.74) is 0. The number of rotatable bonds is 0. The zero-order valence-corrected chi connectivity index (χ0v) is 5.35. The molecule has 2 nitrogen and oxygen atoms in total. The van der Waals surface area contributed by atoms with Gasteiger partial charge in [-0.1, -0.05) is 0 Å². The molecule has 3 heteroatoms. The van der Waals surface area contributed by atoms with Crippen molar-refractivity contribution >= 4 is 26.5 Å². The zero-order valence-electron chi connectivity index (χ0n) is 3.64. The molecule has 1 rings (SSSR count). The van der Waals surface area contributed by atoms with Crippen LogP contribution in [0.2, 0.25) is 10.6 Å². The van der Waals surface area contributed by atoms with Crippen LogP contribution in [0.4, 0.5) is 0 Å². The van der Waals surface area contributed by atoms with Gasteiger partial charge in [0.1, 0.15) is 0 Å². The predicted octanol–water partition coefficient (Wildman–Crippen LogP) is -0.321. The molecule has 0 spiro atoms. The van der Waals surface area contributed by atoms with Crippen molar-refractivity contribution in [3.05, 3.63) is 0 Å². The van der Waals surface area contributed by atoms with Crippen molar-refractivity contribution in [3.63, 3.8) is 0 Å². The summed E-state index contributed by atoms with van der Waals surface area (Å²) in [5, 5.41) is 1.09. The van der Waals surface area contributed by atoms with Crippen molar-refractivity contribution in [3.8, 4) is 0 Å². The zero-order chi connectivity index (χ0) is 5.28. The van der Waals surface area contributed by atoms with Crippen LogP contribution in [0.25, 0.3) is 0 Å². The number of carbonyl (C=O) groups is 2. The monoisotopic (exact) mass is 164 g/mol. The molecule has 0 atom stereocenters. The van der Waals surface area contributed by atoms with E-state index in [2.05, 4.69) is 0 Å². The molecule has 38 valence electrons. The number of hydrogen-bond acceptors (Lipinski definition) is 2. The van der Waals surface area contributed by atoms with E-state index in [0.29, 0.717) is 25.6 Å². The normalized spacial score (nSPS) is 21.1. The van der Waals surface area contributed by atoms with E-state index in [1.54, 1.807) is 0 Å². The Hall–Kier alpha value is -0.141. The minimum absolute atomic E-state index is 0.153. The van der Waals surface area contributed by atoms with Gasteiger partial charge in [-0.2, -0.15) is 0 Å². The summed E-state index contributed by atoms with van der Waals surface area (Å²) in [4.78, 5) is 20.5. The summed E-state index contributed by atoms with van der Waals surface area (Å²) < 4.78 is 0. The van der Waals surface area contributed by atoms with Gasteiger partial charge in [0, 0.05) is 0 Å². The molecule has 0 aromatic rings. The number of ketones is 2. The molecule has 0 N–H and O–H groups in total. The van der Waals surface area contributed by atoms with Crippen molar-refractivity contribution in [2.75, 3.05) is 0 Å². The molecular weight excluding hydrogens is 159 g/mol. The van der Waals surface area contributed by atoms with Gasteiger partial charge in [0.2, 0.25) is 0 Å². The molecule has 1 heterocycles. The van der Waals surface area contributed by atoms with Gasteiger partial charge >= 0.3 is 46.8 Å². The van der Waals surface area contributed by atoms with Crippen LogP contribution in [0.1, 0.15) is 0 Å². The predicted molar refractivity (Wildman–Crippen MR) is 25.4 cm³/mol. The van der Waals surface area contributed by atoms with Gasteiger partial charge in [-0.05, 0) is 0 Å². The molecule has 1 fully saturated rings. The fraction of sp³-hybridized carbons (Fsp3) is 0.500. The first kappa shape index (κ1) is 5.01. The van der Waals surface area contributed by atoms with Gasteiger partial charge in [-0.3, -0.25) is 0 Å². The van der Waals surface area contributed by atoms with E-state index in [9.17, 15) is 9.59 Å². The van der Waals surface area contributed by atoms with Crippen molar-refractivity contribution < 1.29 is 9.59 Å². The Kier molecular flexibility index (Phi) is 1.26. The fourth-order valence-corrected chi connectivity index (χ4v) is 2.07. The van der Waals surface area contributed by atoms with E-state index in [-0.39, 0.29) is 11.6 Å². The summed E-state index contributed by atoms with van der Waals surface area (Å²) in [6.07, 6.45) is 0. The maximum atomic E-state index is 10.2. The summed E-state index contributed by atoms with van der Waals surface area (Å²) in [6.45, 7) is 0. The van der Waals surface area contributed by atoms with Crippen molar-refractivity contribution in [1.82, 2.24) is 0 Å². The van der Waals surface area contributed by atoms with Crippen LogP contribution in [0.5, 0.6) is 0 Å². The van der Waals surface area contributed by atoms with Crippen LogP contribution < -0.4 is 0 Å². The Morgan fingerprint density at radius 2 is 1.57 bits per heavy atom. The second kappa shape index (κ2) is 1.76. The first-order valence-corrected chi connectivity index (χ1v) is 4.37. The Bertz CT molecular complexity index is 105. The SMILES string of the molecule is O=C1C[Se]CC1=O. The number of hydrogen-bond donors (Lipinski definition) is 0. The van der Waals surface area contributed by atoms with E-state index < -0.39 is 0 Å². The molecule has 0 aromatic heterocycles. The van der Waals surface area contributed by atoms with E-state index >= 15 is 0 Å². The molecule has 0 radical (unpaired) electrons. The third kappa shape index (κ3) is 0.898. The fourth-order valence-electron chi connectivity index (χ4n) is 0.397. The van der Waals surface area contributed by atoms with Gasteiger partial charge in [0.25, 0.3) is 0 Å². The van der Waals surface area contributed by atoms with E-state index in [1.165, 1.54) is 0 Å². The van der Waals surface area contributed by atoms with Crippen LogP contribution in [0.3, 0.4) is 0 Å². The Labute approximate surface area is 47.4 Å². The van der Waals surface area contributed by atoms with Crippen LogP contribution in [0.15, 0.2) is 0 Å². The molecule has 7 heavy (non-hydrogen) atoms. The van der Waals surface area contributed by atoms with Crippen LogP contribution in [0, 0.1) is 0 Å². The quantitative estimate of drug-likeness (QED) is 0.362. The van der Waals surface area contributed by atoms with Crippen LogP contribution >= 0.6 is 0 Å². The third-order valence-corrected chi connectivity index (χ3v) is 2.73. The molecule has 1 aliphatic rings. The van der Waals surface area contributed by atoms with E-state index in [0.717, 1.165) is 0 Å². The second-order valence-electron chi connectivity index (χ2n) is 1.34. The molecule has 0 unspecified atom stereocenters. The van der Waals surface area contributed by atoms with Gasteiger partial charge < -0.3 is 0 Å². The van der Waals surface area contributed by atoms with Crippen LogP contribution in [-0.2, 0) is 9.59 Å². The van der Waals surface area contributed by atoms with Gasteiger partial charge in [0.15, 0.2) is 0 Å². The average molecular weight is 163 g/mol. The standard InChI is InChI=1S/C4H4O2Se/c5-3-1-7-2-4(3)6/h1-2H2. The number of Topliss-reactive ketones (excluding diaryl/α,β-unsaturated/α-hetero) is 2. The molecule has 1 aliphatic heterocycles. The topological polar surface area (TPSA) is 34.1 Å². The molecule has 0 saturated carbocycles. The molecule has 0 amide bonds. The molecule has 1 saturated heterocycles. The summed E-state index contributed by atoms with van der Waals surface area (Å²) in [5.74, 6) is -0.306. The molecular formula is C4H4O2Se. The Morgan fingerprint density at radius 1 is 1.14 bits per heavy atom. The average Bonchev–Trinajstić information content (AvgIpc) is 1.91. The van der Waals surface area contributed by atoms with Crippen molar-refractivity contribution in [1.29, 1.82) is 0 Å². The number of carbonyl (C=O) groups excluding carboxylic acids is 2. The maximum absolute atomic E-state index is 10.2. The Morgan fingerprint density at radius 3 is 1.71 bits per heavy atom. The molecule has 0 aromatic carbocycles.